The first-order valence-electron chi connectivity index (χ1n) is 6.29. The van der Waals surface area contributed by atoms with Crippen LogP contribution in [0.5, 0.6) is 0 Å². The lowest BCUT2D eigenvalue weighted by atomic mass is 10.1. The molecule has 3 aromatic rings. The van der Waals surface area contributed by atoms with Gasteiger partial charge in [0.25, 0.3) is 5.91 Å². The highest BCUT2D eigenvalue weighted by Gasteiger charge is 2.18. The lowest BCUT2D eigenvalue weighted by Gasteiger charge is -2.04. The molecule has 0 atom stereocenters. The summed E-state index contributed by atoms with van der Waals surface area (Å²) in [4.78, 5) is 12.7. The Labute approximate surface area is 134 Å². The van der Waals surface area contributed by atoms with E-state index in [9.17, 15) is 9.18 Å². The molecule has 0 saturated heterocycles. The largest absolute Gasteiger partial charge is 0.321 e. The predicted molar refractivity (Wildman–Crippen MR) is 84.7 cm³/mol. The van der Waals surface area contributed by atoms with Gasteiger partial charge in [0.05, 0.1) is 0 Å². The van der Waals surface area contributed by atoms with Crippen LogP contribution in [0.4, 0.5) is 10.1 Å². The molecule has 0 aliphatic carbocycles. The van der Waals surface area contributed by atoms with E-state index in [-0.39, 0.29) is 11.7 Å². The van der Waals surface area contributed by atoms with Crippen molar-refractivity contribution in [1.29, 1.82) is 0 Å². The molecule has 1 N–H and O–H groups in total. The topological polar surface area (TPSA) is 54.9 Å². The Kier molecular flexibility index (Phi) is 4.13. The molecule has 0 aliphatic rings. The Morgan fingerprint density at radius 1 is 1.09 bits per heavy atom. The molecular weight excluding hydrogens is 325 g/mol. The number of hydrogen-bond donors (Lipinski definition) is 1. The molecule has 0 fully saturated rings. The second kappa shape index (κ2) is 6.21. The number of benzene rings is 2. The molecule has 7 heteroatoms. The highest BCUT2D eigenvalue weighted by atomic mass is 35.5. The van der Waals surface area contributed by atoms with Crippen LogP contribution in [0.25, 0.3) is 11.3 Å². The molecule has 0 spiro atoms. The maximum atomic E-state index is 12.9. The fraction of sp³-hybridized carbons (Fsp3) is 0. The van der Waals surface area contributed by atoms with E-state index in [2.05, 4.69) is 14.9 Å². The van der Waals surface area contributed by atoms with Crippen LogP contribution in [-0.2, 0) is 0 Å². The zero-order valence-electron chi connectivity index (χ0n) is 11.1. The Morgan fingerprint density at radius 3 is 2.45 bits per heavy atom. The Bertz CT molecular complexity index is 802. The van der Waals surface area contributed by atoms with Crippen molar-refractivity contribution in [1.82, 2.24) is 9.59 Å². The van der Waals surface area contributed by atoms with Crippen LogP contribution in [0, 0.1) is 5.82 Å². The average molecular weight is 334 g/mol. The molecule has 0 bridgehead atoms. The summed E-state index contributed by atoms with van der Waals surface area (Å²) in [5.41, 5.74) is 1.74. The molecule has 1 heterocycles. The van der Waals surface area contributed by atoms with Gasteiger partial charge in [0.2, 0.25) is 0 Å². The summed E-state index contributed by atoms with van der Waals surface area (Å²) in [6.45, 7) is 0. The van der Waals surface area contributed by atoms with E-state index < -0.39 is 0 Å². The number of nitrogens with one attached hydrogen (secondary N) is 1. The number of hydrogen-bond acceptors (Lipinski definition) is 4. The van der Waals surface area contributed by atoms with Crippen molar-refractivity contribution >= 4 is 34.7 Å². The number of aromatic nitrogens is 2. The van der Waals surface area contributed by atoms with Crippen molar-refractivity contribution in [2.45, 2.75) is 0 Å². The number of carbonyl (C=O) groups excluding carboxylic acids is 1. The minimum Gasteiger partial charge on any atom is -0.321 e. The quantitative estimate of drug-likeness (QED) is 0.779. The van der Waals surface area contributed by atoms with Gasteiger partial charge in [0.1, 0.15) is 16.4 Å². The number of amides is 1. The fourth-order valence-electron chi connectivity index (χ4n) is 1.86. The van der Waals surface area contributed by atoms with Crippen LogP contribution in [0.2, 0.25) is 5.02 Å². The van der Waals surface area contributed by atoms with Gasteiger partial charge in [-0.3, -0.25) is 4.79 Å². The summed E-state index contributed by atoms with van der Waals surface area (Å²) in [5, 5.41) is 7.29. The third kappa shape index (κ3) is 3.13. The van der Waals surface area contributed by atoms with Crippen LogP contribution in [0.1, 0.15) is 9.67 Å². The van der Waals surface area contributed by atoms with Gasteiger partial charge in [0.15, 0.2) is 0 Å². The molecule has 110 valence electrons. The average Bonchev–Trinajstić information content (AvgIpc) is 3.00. The molecule has 0 aliphatic heterocycles. The van der Waals surface area contributed by atoms with Gasteiger partial charge in [-0.15, -0.1) is 5.10 Å². The number of rotatable bonds is 3. The van der Waals surface area contributed by atoms with Crippen LogP contribution in [0.3, 0.4) is 0 Å². The van der Waals surface area contributed by atoms with E-state index in [0.29, 0.717) is 21.3 Å². The van der Waals surface area contributed by atoms with Gasteiger partial charge in [-0.2, -0.15) is 0 Å². The summed E-state index contributed by atoms with van der Waals surface area (Å²) in [6, 6.07) is 12.5. The highest BCUT2D eigenvalue weighted by Crippen LogP contribution is 2.26. The Hall–Kier alpha value is -2.31. The van der Waals surface area contributed by atoms with E-state index in [0.717, 1.165) is 17.1 Å². The minimum absolute atomic E-state index is 0.341. The van der Waals surface area contributed by atoms with Crippen LogP contribution >= 0.6 is 23.1 Å². The molecule has 0 unspecified atom stereocenters. The van der Waals surface area contributed by atoms with Gasteiger partial charge in [-0.05, 0) is 47.9 Å². The number of carbonyl (C=O) groups is 1. The lowest BCUT2D eigenvalue weighted by Crippen LogP contribution is -2.11. The van der Waals surface area contributed by atoms with Crippen LogP contribution in [0.15, 0.2) is 48.5 Å². The summed E-state index contributed by atoms with van der Waals surface area (Å²) in [7, 11) is 0. The van der Waals surface area contributed by atoms with Crippen molar-refractivity contribution < 1.29 is 9.18 Å². The first-order chi connectivity index (χ1) is 10.6. The van der Waals surface area contributed by atoms with Crippen molar-refractivity contribution in [3.63, 3.8) is 0 Å². The van der Waals surface area contributed by atoms with Crippen LogP contribution < -0.4 is 5.32 Å². The molecule has 0 saturated carbocycles. The van der Waals surface area contributed by atoms with Crippen molar-refractivity contribution in [3.05, 3.63) is 64.2 Å². The van der Waals surface area contributed by atoms with Gasteiger partial charge >= 0.3 is 0 Å². The van der Waals surface area contributed by atoms with E-state index in [1.54, 1.807) is 24.3 Å². The monoisotopic (exact) mass is 333 g/mol. The number of nitrogens with zero attached hydrogens (tertiary/aromatic N) is 2. The predicted octanol–water partition coefficient (Wildman–Crippen LogP) is 4.25. The van der Waals surface area contributed by atoms with Crippen molar-refractivity contribution in [3.8, 4) is 11.3 Å². The second-order valence-corrected chi connectivity index (χ2v) is 5.61. The Morgan fingerprint density at radius 2 is 1.77 bits per heavy atom. The lowest BCUT2D eigenvalue weighted by molar-refractivity contribution is 0.103. The van der Waals surface area contributed by atoms with Gasteiger partial charge in [0, 0.05) is 16.3 Å². The maximum Gasteiger partial charge on any atom is 0.269 e. The zero-order chi connectivity index (χ0) is 15.5. The van der Waals surface area contributed by atoms with Crippen molar-refractivity contribution in [2.24, 2.45) is 0 Å². The molecule has 22 heavy (non-hydrogen) atoms. The standard InChI is InChI=1S/C15H9ClFN3OS/c16-10-3-1-9(2-4-10)13-14(22-20-19-13)15(21)18-12-7-5-11(17)6-8-12/h1-8H,(H,18,21). The first-order valence-corrected chi connectivity index (χ1v) is 7.44. The normalized spacial score (nSPS) is 10.5. The smallest absolute Gasteiger partial charge is 0.269 e. The van der Waals surface area contributed by atoms with Gasteiger partial charge in [-0.25, -0.2) is 4.39 Å². The summed E-state index contributed by atoms with van der Waals surface area (Å²) in [5.74, 6) is -0.703. The molecule has 3 rings (SSSR count). The number of anilines is 1. The molecule has 0 radical (unpaired) electrons. The molecule has 4 nitrogen and oxygen atoms in total. The second-order valence-electron chi connectivity index (χ2n) is 4.42. The number of halogens is 2. The van der Waals surface area contributed by atoms with E-state index in [4.69, 9.17) is 11.6 Å². The molecule has 2 aromatic carbocycles. The fourth-order valence-corrected chi connectivity index (χ4v) is 2.57. The van der Waals surface area contributed by atoms with Crippen LogP contribution in [-0.4, -0.2) is 15.5 Å². The van der Waals surface area contributed by atoms with Gasteiger partial charge < -0.3 is 5.32 Å². The van der Waals surface area contributed by atoms with E-state index >= 15 is 0 Å². The van der Waals surface area contributed by atoms with Crippen molar-refractivity contribution in [2.75, 3.05) is 5.32 Å². The maximum absolute atomic E-state index is 12.9. The summed E-state index contributed by atoms with van der Waals surface area (Å²) < 4.78 is 16.7. The van der Waals surface area contributed by atoms with Gasteiger partial charge in [-0.1, -0.05) is 28.2 Å². The van der Waals surface area contributed by atoms with E-state index in [1.807, 2.05) is 0 Å². The third-order valence-corrected chi connectivity index (χ3v) is 3.89. The summed E-state index contributed by atoms with van der Waals surface area (Å²) >= 11 is 6.85. The Balaban J connectivity index is 1.86. The summed E-state index contributed by atoms with van der Waals surface area (Å²) in [6.07, 6.45) is 0. The SMILES string of the molecule is O=C(Nc1ccc(F)cc1)c1snnc1-c1ccc(Cl)cc1. The minimum atomic E-state index is -0.362. The molecule has 1 aromatic heterocycles. The van der Waals surface area contributed by atoms with E-state index in [1.165, 1.54) is 24.3 Å². The highest BCUT2D eigenvalue weighted by molar-refractivity contribution is 7.08. The molecular formula is C15H9ClFN3OS. The third-order valence-electron chi connectivity index (χ3n) is 2.91. The zero-order valence-corrected chi connectivity index (χ0v) is 12.7. The molecule has 1 amide bonds. The first kappa shape index (κ1) is 14.6.